The van der Waals surface area contributed by atoms with Crippen LogP contribution in [-0.4, -0.2) is 37.5 Å². The zero-order valence-corrected chi connectivity index (χ0v) is 16.0. The summed E-state index contributed by atoms with van der Waals surface area (Å²) >= 11 is 0. The molecule has 0 radical (unpaired) electrons. The number of hydrogen-bond acceptors (Lipinski definition) is 4. The van der Waals surface area contributed by atoms with Crippen LogP contribution >= 0.6 is 0 Å². The molecule has 2 amide bonds. The van der Waals surface area contributed by atoms with Crippen molar-refractivity contribution in [2.45, 2.75) is 26.2 Å². The first-order chi connectivity index (χ1) is 13.0. The predicted molar refractivity (Wildman–Crippen MR) is 103 cm³/mol. The van der Waals surface area contributed by atoms with Crippen molar-refractivity contribution in [1.29, 1.82) is 0 Å². The molecular formula is C22H25NO4. The molecule has 0 N–H and O–H groups in total. The monoisotopic (exact) mass is 367 g/mol. The first-order valence-corrected chi connectivity index (χ1v) is 9.12. The molecule has 0 aromatic heterocycles. The van der Waals surface area contributed by atoms with E-state index in [0.29, 0.717) is 37.3 Å². The number of methoxy groups -OCH3 is 2. The fourth-order valence-electron chi connectivity index (χ4n) is 3.55. The molecule has 2 aromatic carbocycles. The maximum Gasteiger partial charge on any atom is 0.233 e. The number of carbonyl (C=O) groups is 2. The molecule has 0 aliphatic carbocycles. The van der Waals surface area contributed by atoms with Gasteiger partial charge in [-0.3, -0.25) is 14.5 Å². The lowest BCUT2D eigenvalue weighted by atomic mass is 9.97. The minimum atomic E-state index is -0.260. The van der Waals surface area contributed by atoms with E-state index in [0.717, 1.165) is 16.7 Å². The number of rotatable bonds is 7. The Morgan fingerprint density at radius 3 is 2.48 bits per heavy atom. The average Bonchev–Trinajstić information content (AvgIpc) is 2.92. The number of carbonyl (C=O) groups excluding carboxylic acids is 2. The van der Waals surface area contributed by atoms with Crippen LogP contribution in [0.15, 0.2) is 42.5 Å². The lowest BCUT2D eigenvalue weighted by Crippen LogP contribution is -2.33. The third kappa shape index (κ3) is 4.30. The summed E-state index contributed by atoms with van der Waals surface area (Å²) in [6.07, 6.45) is 1.49. The Labute approximate surface area is 159 Å². The van der Waals surface area contributed by atoms with Gasteiger partial charge in [-0.25, -0.2) is 0 Å². The van der Waals surface area contributed by atoms with Crippen LogP contribution in [-0.2, 0) is 22.4 Å². The van der Waals surface area contributed by atoms with Crippen molar-refractivity contribution in [3.63, 3.8) is 0 Å². The Hall–Kier alpha value is -2.82. The van der Waals surface area contributed by atoms with Gasteiger partial charge in [-0.15, -0.1) is 0 Å². The van der Waals surface area contributed by atoms with Crippen LogP contribution in [0.3, 0.4) is 0 Å². The minimum absolute atomic E-state index is 0.0676. The molecule has 1 saturated heterocycles. The van der Waals surface area contributed by atoms with Gasteiger partial charge in [0.05, 0.1) is 20.1 Å². The largest absolute Gasteiger partial charge is 0.493 e. The number of ether oxygens (including phenoxy) is 2. The van der Waals surface area contributed by atoms with Gasteiger partial charge < -0.3 is 9.47 Å². The molecule has 0 bridgehead atoms. The molecule has 5 nitrogen and oxygen atoms in total. The first-order valence-electron chi connectivity index (χ1n) is 9.12. The summed E-state index contributed by atoms with van der Waals surface area (Å²) in [5, 5.41) is 0. The van der Waals surface area contributed by atoms with E-state index in [9.17, 15) is 9.59 Å². The molecule has 1 aliphatic heterocycles. The van der Waals surface area contributed by atoms with Crippen LogP contribution in [0, 0.1) is 12.8 Å². The van der Waals surface area contributed by atoms with Crippen LogP contribution in [0.2, 0.25) is 0 Å². The number of amides is 2. The van der Waals surface area contributed by atoms with Gasteiger partial charge in [0.2, 0.25) is 11.8 Å². The SMILES string of the molecule is COc1ccc(CCN2C(=O)C[C@H](Cc3cccc(C)c3)C2=O)cc1OC. The predicted octanol–water partition coefficient (Wildman–Crippen LogP) is 3.17. The Morgan fingerprint density at radius 2 is 1.78 bits per heavy atom. The van der Waals surface area contributed by atoms with Crippen molar-refractivity contribution < 1.29 is 19.1 Å². The molecule has 2 aromatic rings. The second-order valence-electron chi connectivity index (χ2n) is 6.92. The van der Waals surface area contributed by atoms with Crippen molar-refractivity contribution in [2.75, 3.05) is 20.8 Å². The molecule has 1 atom stereocenters. The highest BCUT2D eigenvalue weighted by atomic mass is 16.5. The highest BCUT2D eigenvalue weighted by molar-refractivity contribution is 6.03. The minimum Gasteiger partial charge on any atom is -0.493 e. The van der Waals surface area contributed by atoms with Crippen LogP contribution in [0.5, 0.6) is 11.5 Å². The summed E-state index contributed by atoms with van der Waals surface area (Å²) in [4.78, 5) is 26.5. The fraction of sp³-hybridized carbons (Fsp3) is 0.364. The smallest absolute Gasteiger partial charge is 0.233 e. The second-order valence-corrected chi connectivity index (χ2v) is 6.92. The summed E-state index contributed by atoms with van der Waals surface area (Å²) in [5.41, 5.74) is 3.26. The van der Waals surface area contributed by atoms with Gasteiger partial charge in [0, 0.05) is 13.0 Å². The van der Waals surface area contributed by atoms with Gasteiger partial charge in [0.1, 0.15) is 0 Å². The molecule has 5 heteroatoms. The average molecular weight is 367 g/mol. The van der Waals surface area contributed by atoms with Gasteiger partial charge in [-0.1, -0.05) is 35.9 Å². The topological polar surface area (TPSA) is 55.8 Å². The van der Waals surface area contributed by atoms with E-state index in [1.165, 1.54) is 4.90 Å². The third-order valence-corrected chi connectivity index (χ3v) is 4.97. The van der Waals surface area contributed by atoms with Gasteiger partial charge in [0.15, 0.2) is 11.5 Å². The van der Waals surface area contributed by atoms with E-state index >= 15 is 0 Å². The van der Waals surface area contributed by atoms with Crippen molar-refractivity contribution >= 4 is 11.8 Å². The quantitative estimate of drug-likeness (QED) is 0.706. The zero-order valence-electron chi connectivity index (χ0n) is 16.0. The van der Waals surface area contributed by atoms with E-state index in [1.807, 2.05) is 43.3 Å². The van der Waals surface area contributed by atoms with E-state index in [4.69, 9.17) is 9.47 Å². The Balaban J connectivity index is 1.64. The summed E-state index contributed by atoms with van der Waals surface area (Å²) in [6.45, 7) is 2.41. The maximum absolute atomic E-state index is 12.7. The number of benzene rings is 2. The zero-order chi connectivity index (χ0) is 19.4. The van der Waals surface area contributed by atoms with E-state index in [2.05, 4.69) is 6.07 Å². The molecule has 1 heterocycles. The fourth-order valence-corrected chi connectivity index (χ4v) is 3.55. The summed E-state index contributed by atoms with van der Waals surface area (Å²) in [5.74, 6) is 0.893. The van der Waals surface area contributed by atoms with Crippen molar-refractivity contribution in [1.82, 2.24) is 4.90 Å². The number of likely N-dealkylation sites (tertiary alicyclic amines) is 1. The summed E-state index contributed by atoms with van der Waals surface area (Å²) in [7, 11) is 3.18. The molecule has 0 spiro atoms. The van der Waals surface area contributed by atoms with Gasteiger partial charge in [-0.05, 0) is 43.0 Å². The van der Waals surface area contributed by atoms with Gasteiger partial charge in [-0.2, -0.15) is 0 Å². The normalized spacial score (nSPS) is 16.7. The number of aryl methyl sites for hydroxylation is 1. The third-order valence-electron chi connectivity index (χ3n) is 4.97. The standard InChI is InChI=1S/C22H25NO4/c1-15-5-4-6-17(11-15)12-18-14-21(24)23(22(18)25)10-9-16-7-8-19(26-2)20(13-16)27-3/h4-8,11,13,18H,9-10,12,14H2,1-3H3/t18-/m0/s1. The first kappa shape index (κ1) is 19.0. The number of hydrogen-bond donors (Lipinski definition) is 0. The van der Waals surface area contributed by atoms with Crippen LogP contribution in [0.4, 0.5) is 0 Å². The highest BCUT2D eigenvalue weighted by Gasteiger charge is 2.37. The maximum atomic E-state index is 12.7. The summed E-state index contributed by atoms with van der Waals surface area (Å²) in [6, 6.07) is 13.7. The van der Waals surface area contributed by atoms with Crippen LogP contribution in [0.25, 0.3) is 0 Å². The lowest BCUT2D eigenvalue weighted by molar-refractivity contribution is -0.139. The van der Waals surface area contributed by atoms with E-state index in [1.54, 1.807) is 14.2 Å². The van der Waals surface area contributed by atoms with Crippen molar-refractivity contribution in [3.05, 3.63) is 59.2 Å². The molecule has 142 valence electrons. The molecule has 0 saturated carbocycles. The van der Waals surface area contributed by atoms with Crippen LogP contribution < -0.4 is 9.47 Å². The Bertz CT molecular complexity index is 846. The molecule has 3 rings (SSSR count). The number of imide groups is 1. The Kier molecular flexibility index (Phi) is 5.79. The van der Waals surface area contributed by atoms with Gasteiger partial charge in [0.25, 0.3) is 0 Å². The number of nitrogens with zero attached hydrogens (tertiary/aromatic N) is 1. The lowest BCUT2D eigenvalue weighted by Gasteiger charge is -2.16. The molecule has 27 heavy (non-hydrogen) atoms. The highest BCUT2D eigenvalue weighted by Crippen LogP contribution is 2.28. The molecule has 1 fully saturated rings. The molecule has 1 aliphatic rings. The van der Waals surface area contributed by atoms with Crippen molar-refractivity contribution in [3.8, 4) is 11.5 Å². The Morgan fingerprint density at radius 1 is 1.00 bits per heavy atom. The van der Waals surface area contributed by atoms with Crippen LogP contribution in [0.1, 0.15) is 23.1 Å². The second kappa shape index (κ2) is 8.25. The molecule has 0 unspecified atom stereocenters. The van der Waals surface area contributed by atoms with E-state index in [-0.39, 0.29) is 17.7 Å². The van der Waals surface area contributed by atoms with Crippen molar-refractivity contribution in [2.24, 2.45) is 5.92 Å². The molecular weight excluding hydrogens is 342 g/mol. The van der Waals surface area contributed by atoms with Gasteiger partial charge >= 0.3 is 0 Å². The summed E-state index contributed by atoms with van der Waals surface area (Å²) < 4.78 is 10.6. The van der Waals surface area contributed by atoms with E-state index < -0.39 is 0 Å².